The van der Waals surface area contributed by atoms with E-state index in [1.807, 2.05) is 0 Å². The number of ether oxygens (including phenoxy) is 4. The lowest BCUT2D eigenvalue weighted by atomic mass is 9.47. The monoisotopic (exact) mass is 791 g/mol. The molecular weight excluding hydrogens is 738 g/mol. The number of Topliss-reactive ketones (excluding diaryl/α,β-unsaturated/α-hetero) is 1. The molecule has 1 amide bonds. The normalized spacial score (nSPS) is 33.9. The summed E-state index contributed by atoms with van der Waals surface area (Å²) >= 11 is 0. The minimum atomic E-state index is -2.29. The molecule has 308 valence electrons. The first kappa shape index (κ1) is 42.0. The zero-order chi connectivity index (χ0) is 42.0. The number of nitrogens with one attached hydrogen (secondary N) is 1. The molecule has 11 atom stereocenters. The molecule has 0 spiro atoms. The van der Waals surface area contributed by atoms with Gasteiger partial charge in [0, 0.05) is 24.7 Å². The molecule has 2 aromatic rings. The molecule has 57 heavy (non-hydrogen) atoms. The summed E-state index contributed by atoms with van der Waals surface area (Å²) in [5, 5.41) is 51.4. The number of hydrogen-bond acceptors (Lipinski definition) is 13. The summed E-state index contributed by atoms with van der Waals surface area (Å²) in [6.07, 6.45) is -9.72. The third-order valence-corrected chi connectivity index (χ3v) is 12.7. The Labute approximate surface area is 331 Å². The third-order valence-electron chi connectivity index (χ3n) is 12.7. The van der Waals surface area contributed by atoms with Crippen molar-refractivity contribution >= 4 is 29.8 Å². The number of carbonyl (C=O) groups is 5. The first-order valence-electron chi connectivity index (χ1n) is 19.2. The number of benzene rings is 2. The van der Waals surface area contributed by atoms with Gasteiger partial charge in [0.2, 0.25) is 0 Å². The summed E-state index contributed by atoms with van der Waals surface area (Å²) in [4.78, 5) is 68.6. The van der Waals surface area contributed by atoms with Gasteiger partial charge in [0.15, 0.2) is 11.9 Å². The van der Waals surface area contributed by atoms with Gasteiger partial charge < -0.3 is 44.7 Å². The molecule has 2 aromatic carbocycles. The summed E-state index contributed by atoms with van der Waals surface area (Å²) in [7, 11) is 0. The second-order valence-electron chi connectivity index (χ2n) is 17.7. The smallest absolute Gasteiger partial charge is 0.408 e. The SMILES string of the molecule is CC(=O)O[C@@]12C[C@@H]1C[C@H](O)[C@@]1(C)C(=O)[C@H](O)C3=C(C)[C@@H](OC(=O)[C@H](O)[C@@H](NC(=O)OC(C)(C)C)c4ccccc4)C[C@@](O)([C@@H](OC(=O)c4ccccc4)[C@H]21)C3(C)C. The molecule has 3 saturated carbocycles. The van der Waals surface area contributed by atoms with Crippen LogP contribution in [0.3, 0.4) is 0 Å². The Morgan fingerprint density at radius 3 is 2.09 bits per heavy atom. The molecular formula is C43H53NO13. The molecule has 0 radical (unpaired) electrons. The zero-order valence-electron chi connectivity index (χ0n) is 33.5. The van der Waals surface area contributed by atoms with Crippen LogP contribution in [0.5, 0.6) is 0 Å². The fraction of sp³-hybridized carbons (Fsp3) is 0.558. The van der Waals surface area contributed by atoms with Crippen molar-refractivity contribution in [2.75, 3.05) is 0 Å². The van der Waals surface area contributed by atoms with Crippen LogP contribution in [-0.2, 0) is 33.3 Å². The van der Waals surface area contributed by atoms with Crippen molar-refractivity contribution in [2.24, 2.45) is 22.7 Å². The Kier molecular flexibility index (Phi) is 10.8. The highest BCUT2D eigenvalue weighted by molar-refractivity contribution is 5.94. The summed E-state index contributed by atoms with van der Waals surface area (Å²) < 4.78 is 23.7. The van der Waals surface area contributed by atoms with Crippen LogP contribution in [0, 0.1) is 22.7 Å². The van der Waals surface area contributed by atoms with Gasteiger partial charge in [-0.1, -0.05) is 62.4 Å². The van der Waals surface area contributed by atoms with Crippen molar-refractivity contribution in [1.29, 1.82) is 0 Å². The minimum Gasteiger partial charge on any atom is -0.458 e. The van der Waals surface area contributed by atoms with Crippen LogP contribution in [0.1, 0.15) is 96.6 Å². The molecule has 2 bridgehead atoms. The predicted molar refractivity (Wildman–Crippen MR) is 202 cm³/mol. The van der Waals surface area contributed by atoms with Crippen molar-refractivity contribution < 1.29 is 63.3 Å². The lowest BCUT2D eigenvalue weighted by molar-refractivity contribution is -0.245. The number of ketones is 1. The van der Waals surface area contributed by atoms with E-state index in [-0.39, 0.29) is 29.6 Å². The van der Waals surface area contributed by atoms with Gasteiger partial charge in [-0.05, 0) is 76.3 Å². The summed E-state index contributed by atoms with van der Waals surface area (Å²) in [5.41, 5.74) is -7.59. The quantitative estimate of drug-likeness (QED) is 0.146. The number of amides is 1. The molecule has 5 N–H and O–H groups in total. The molecule has 6 rings (SSSR count). The van der Waals surface area contributed by atoms with E-state index in [0.717, 1.165) is 0 Å². The summed E-state index contributed by atoms with van der Waals surface area (Å²) in [6.45, 7) is 12.2. The Morgan fingerprint density at radius 2 is 1.51 bits per heavy atom. The van der Waals surface area contributed by atoms with Gasteiger partial charge in [-0.15, -0.1) is 0 Å². The van der Waals surface area contributed by atoms with E-state index in [1.165, 1.54) is 32.9 Å². The van der Waals surface area contributed by atoms with Crippen LogP contribution in [0.25, 0.3) is 0 Å². The fourth-order valence-corrected chi connectivity index (χ4v) is 9.72. The Hall–Kier alpha value is -4.63. The second-order valence-corrected chi connectivity index (χ2v) is 17.7. The van der Waals surface area contributed by atoms with E-state index in [4.69, 9.17) is 18.9 Å². The molecule has 0 saturated heterocycles. The van der Waals surface area contributed by atoms with Crippen LogP contribution in [0.4, 0.5) is 4.79 Å². The molecule has 14 nitrogen and oxygen atoms in total. The van der Waals surface area contributed by atoms with Crippen molar-refractivity contribution in [3.05, 3.63) is 82.9 Å². The van der Waals surface area contributed by atoms with Crippen molar-refractivity contribution in [2.45, 2.75) is 128 Å². The van der Waals surface area contributed by atoms with Crippen LogP contribution < -0.4 is 5.32 Å². The van der Waals surface area contributed by atoms with Crippen LogP contribution in [0.2, 0.25) is 0 Å². The van der Waals surface area contributed by atoms with Crippen molar-refractivity contribution in [1.82, 2.24) is 5.32 Å². The van der Waals surface area contributed by atoms with E-state index in [9.17, 15) is 44.4 Å². The number of carbonyl (C=O) groups excluding carboxylic acids is 5. The zero-order valence-corrected chi connectivity index (χ0v) is 33.5. The van der Waals surface area contributed by atoms with Gasteiger partial charge >= 0.3 is 24.0 Å². The Morgan fingerprint density at radius 1 is 0.912 bits per heavy atom. The van der Waals surface area contributed by atoms with Crippen LogP contribution in [0.15, 0.2) is 71.8 Å². The molecule has 14 heteroatoms. The molecule has 4 aliphatic carbocycles. The van der Waals surface area contributed by atoms with Gasteiger partial charge in [-0.2, -0.15) is 0 Å². The molecule has 4 aliphatic rings. The maximum Gasteiger partial charge on any atom is 0.408 e. The maximum atomic E-state index is 14.9. The first-order chi connectivity index (χ1) is 26.5. The Bertz CT molecular complexity index is 1960. The lowest BCUT2D eigenvalue weighted by Gasteiger charge is -2.61. The van der Waals surface area contributed by atoms with Gasteiger partial charge in [0.05, 0.1) is 29.0 Å². The Balaban J connectivity index is 1.47. The van der Waals surface area contributed by atoms with Crippen molar-refractivity contribution in [3.8, 4) is 0 Å². The van der Waals surface area contributed by atoms with Gasteiger partial charge in [-0.25, -0.2) is 14.4 Å². The first-order valence-corrected chi connectivity index (χ1v) is 19.2. The second kappa shape index (κ2) is 14.6. The van der Waals surface area contributed by atoms with Gasteiger partial charge in [0.1, 0.15) is 35.1 Å². The van der Waals surface area contributed by atoms with E-state index in [2.05, 4.69) is 5.32 Å². The lowest BCUT2D eigenvalue weighted by Crippen LogP contribution is -2.73. The molecule has 3 fully saturated rings. The van der Waals surface area contributed by atoms with Gasteiger partial charge in [0.25, 0.3) is 0 Å². The highest BCUT2D eigenvalue weighted by Crippen LogP contribution is 2.70. The molecule has 0 heterocycles. The van der Waals surface area contributed by atoms with Crippen LogP contribution >= 0.6 is 0 Å². The number of esters is 3. The minimum absolute atomic E-state index is 0.0351. The summed E-state index contributed by atoms with van der Waals surface area (Å²) in [5.74, 6) is -5.52. The van der Waals surface area contributed by atoms with E-state index >= 15 is 0 Å². The number of rotatable bonds is 8. The average molecular weight is 792 g/mol. The number of aliphatic hydroxyl groups is 4. The maximum absolute atomic E-state index is 14.9. The predicted octanol–water partition coefficient (Wildman–Crippen LogP) is 3.88. The largest absolute Gasteiger partial charge is 0.458 e. The van der Waals surface area contributed by atoms with Crippen LogP contribution in [-0.4, -0.2) is 97.5 Å². The number of aliphatic hydroxyl groups excluding tert-OH is 3. The topological polar surface area (TPSA) is 215 Å². The standard InChI is InChI=1S/C43H53NO13/c1-22-27(54-37(51)32(48)30(24-15-11-9-12-16-24)44-38(52)57-39(3,4)5)21-43(53)35(55-36(50)25-17-13-10-14-18-25)33-41(8,34(49)31(47)29(22)40(43,6)7)28(46)19-26-20-42(26,33)56-23(2)45/h9-18,26-28,30-33,35,46-48,53H,19-21H2,1-8H3,(H,44,52)/t26-,27-,28-,30-,31+,32+,33-,35-,41+,42-,43+/m0/s1. The highest BCUT2D eigenvalue weighted by atomic mass is 16.6. The number of fused-ring (bicyclic) bond motifs is 5. The highest BCUT2D eigenvalue weighted by Gasteiger charge is 2.80. The van der Waals surface area contributed by atoms with Gasteiger partial charge in [-0.3, -0.25) is 9.59 Å². The molecule has 0 aliphatic heterocycles. The number of hydrogen-bond donors (Lipinski definition) is 5. The number of alkyl carbamates (subject to hydrolysis) is 1. The van der Waals surface area contributed by atoms with E-state index < -0.39 is 112 Å². The summed E-state index contributed by atoms with van der Waals surface area (Å²) in [6, 6.07) is 14.8. The molecule has 0 aromatic heterocycles. The molecule has 0 unspecified atom stereocenters. The van der Waals surface area contributed by atoms with Crippen molar-refractivity contribution in [3.63, 3.8) is 0 Å². The van der Waals surface area contributed by atoms with E-state index in [1.54, 1.807) is 83.1 Å². The average Bonchev–Trinajstić information content (AvgIpc) is 3.82. The van der Waals surface area contributed by atoms with E-state index in [0.29, 0.717) is 5.56 Å². The fourth-order valence-electron chi connectivity index (χ4n) is 9.72. The third kappa shape index (κ3) is 7.15.